The highest BCUT2D eigenvalue weighted by Gasteiger charge is 2.13. The second-order valence-electron chi connectivity index (χ2n) is 4.46. The van der Waals surface area contributed by atoms with E-state index in [-0.39, 0.29) is 0 Å². The molecule has 0 amide bonds. The smallest absolute Gasteiger partial charge is 0.348 e. The van der Waals surface area contributed by atoms with E-state index in [0.29, 0.717) is 10.6 Å². The Morgan fingerprint density at radius 3 is 2.95 bits per heavy atom. The number of rotatable bonds is 4. The summed E-state index contributed by atoms with van der Waals surface area (Å²) in [5.41, 5.74) is 3.55. The third kappa shape index (κ3) is 2.62. The lowest BCUT2D eigenvalue weighted by atomic mass is 10.1. The minimum Gasteiger partial charge on any atom is -0.477 e. The summed E-state index contributed by atoms with van der Waals surface area (Å²) < 4.78 is 3.13. The average Bonchev–Trinajstić information content (AvgIpc) is 3.04. The first kappa shape index (κ1) is 12.6. The first-order valence-electron chi connectivity index (χ1n) is 6.09. The van der Waals surface area contributed by atoms with Gasteiger partial charge < -0.3 is 9.83 Å². The van der Waals surface area contributed by atoms with Crippen molar-refractivity contribution in [1.29, 1.82) is 0 Å². The second-order valence-corrected chi connectivity index (χ2v) is 6.25. The first-order chi connectivity index (χ1) is 9.24. The van der Waals surface area contributed by atoms with Crippen LogP contribution in [-0.2, 0) is 12.8 Å². The average molecular weight is 291 g/mol. The van der Waals surface area contributed by atoms with Gasteiger partial charge in [0.25, 0.3) is 0 Å². The number of anilines is 1. The molecule has 19 heavy (non-hydrogen) atoms. The maximum Gasteiger partial charge on any atom is 0.348 e. The van der Waals surface area contributed by atoms with Crippen LogP contribution >= 0.6 is 23.3 Å². The molecule has 1 heterocycles. The maximum absolute atomic E-state index is 11.0. The third-order valence-corrected chi connectivity index (χ3v) is 4.92. The van der Waals surface area contributed by atoms with Crippen LogP contribution in [0.1, 0.15) is 27.2 Å². The highest BCUT2D eigenvalue weighted by Crippen LogP contribution is 2.30. The van der Waals surface area contributed by atoms with Crippen molar-refractivity contribution in [3.8, 4) is 0 Å². The number of fused-ring (bicyclic) bond motifs is 1. The minimum absolute atomic E-state index is 0.355. The number of carbonyl (C=O) groups is 1. The summed E-state index contributed by atoms with van der Waals surface area (Å²) in [5.74, 6) is -0.882. The molecular formula is C14H13NO2S2. The molecule has 1 aromatic carbocycles. The molecule has 98 valence electrons. The number of aryl methyl sites for hydroxylation is 2. The number of aromatic carboxylic acids is 1. The van der Waals surface area contributed by atoms with Crippen molar-refractivity contribution < 1.29 is 9.90 Å². The van der Waals surface area contributed by atoms with Gasteiger partial charge in [0.15, 0.2) is 0 Å². The van der Waals surface area contributed by atoms with Gasteiger partial charge in [-0.05, 0) is 65.9 Å². The highest BCUT2D eigenvalue weighted by molar-refractivity contribution is 8.00. The summed E-state index contributed by atoms with van der Waals surface area (Å²) in [6, 6.07) is 8.27. The lowest BCUT2D eigenvalue weighted by Crippen LogP contribution is -1.97. The van der Waals surface area contributed by atoms with E-state index in [1.807, 2.05) is 0 Å². The molecule has 0 saturated heterocycles. The summed E-state index contributed by atoms with van der Waals surface area (Å²) in [6.07, 6.45) is 3.58. The zero-order chi connectivity index (χ0) is 13.2. The van der Waals surface area contributed by atoms with E-state index >= 15 is 0 Å². The van der Waals surface area contributed by atoms with Crippen molar-refractivity contribution in [3.63, 3.8) is 0 Å². The molecule has 0 fully saturated rings. The standard InChI is InChI=1S/C14H13NO2S2/c16-14(17)13-12(6-7-18-13)15-19-11-5-4-9-2-1-3-10(9)8-11/h4-8,15H,1-3H2,(H,16,17). The van der Waals surface area contributed by atoms with E-state index in [9.17, 15) is 4.79 Å². The summed E-state index contributed by atoms with van der Waals surface area (Å²) >= 11 is 2.71. The second kappa shape index (κ2) is 5.27. The third-order valence-electron chi connectivity index (χ3n) is 3.21. The van der Waals surface area contributed by atoms with E-state index in [2.05, 4.69) is 22.9 Å². The van der Waals surface area contributed by atoms with Gasteiger partial charge in [0.2, 0.25) is 0 Å². The number of hydrogen-bond acceptors (Lipinski definition) is 4. The number of benzene rings is 1. The Morgan fingerprint density at radius 2 is 2.11 bits per heavy atom. The predicted molar refractivity (Wildman–Crippen MR) is 79.2 cm³/mol. The quantitative estimate of drug-likeness (QED) is 0.834. The van der Waals surface area contributed by atoms with Crippen LogP contribution in [0.4, 0.5) is 5.69 Å². The zero-order valence-electron chi connectivity index (χ0n) is 10.2. The molecule has 0 bridgehead atoms. The summed E-state index contributed by atoms with van der Waals surface area (Å²) in [4.78, 5) is 12.5. The Hall–Kier alpha value is -1.46. The Morgan fingerprint density at radius 1 is 1.26 bits per heavy atom. The van der Waals surface area contributed by atoms with Crippen LogP contribution in [0.2, 0.25) is 0 Å². The molecule has 5 heteroatoms. The van der Waals surface area contributed by atoms with Gasteiger partial charge in [-0.25, -0.2) is 4.79 Å². The molecule has 3 rings (SSSR count). The van der Waals surface area contributed by atoms with Gasteiger partial charge in [0, 0.05) is 4.90 Å². The Kier molecular flexibility index (Phi) is 3.48. The highest BCUT2D eigenvalue weighted by atomic mass is 32.2. The lowest BCUT2D eigenvalue weighted by molar-refractivity contribution is 0.0703. The van der Waals surface area contributed by atoms with E-state index in [0.717, 1.165) is 11.3 Å². The predicted octanol–water partition coefficient (Wildman–Crippen LogP) is 4.05. The number of carboxylic acid groups (broad SMARTS) is 1. The van der Waals surface area contributed by atoms with Crippen molar-refractivity contribution in [2.75, 3.05) is 4.72 Å². The molecule has 0 saturated carbocycles. The van der Waals surface area contributed by atoms with Gasteiger partial charge in [-0.15, -0.1) is 11.3 Å². The van der Waals surface area contributed by atoms with Crippen molar-refractivity contribution in [1.82, 2.24) is 0 Å². The molecule has 0 aliphatic heterocycles. The molecule has 0 spiro atoms. The van der Waals surface area contributed by atoms with Crippen LogP contribution in [0.3, 0.4) is 0 Å². The van der Waals surface area contributed by atoms with Crippen LogP contribution in [0.5, 0.6) is 0 Å². The van der Waals surface area contributed by atoms with Crippen molar-refractivity contribution in [3.05, 3.63) is 45.6 Å². The maximum atomic E-state index is 11.0. The number of nitrogens with one attached hydrogen (secondary N) is 1. The monoisotopic (exact) mass is 291 g/mol. The molecule has 3 nitrogen and oxygen atoms in total. The van der Waals surface area contributed by atoms with Gasteiger partial charge in [0.05, 0.1) is 5.69 Å². The zero-order valence-corrected chi connectivity index (χ0v) is 11.8. The molecule has 2 N–H and O–H groups in total. The molecular weight excluding hydrogens is 278 g/mol. The van der Waals surface area contributed by atoms with E-state index in [4.69, 9.17) is 5.11 Å². The van der Waals surface area contributed by atoms with Crippen LogP contribution in [0.25, 0.3) is 0 Å². The molecule has 1 aromatic heterocycles. The molecule has 1 aliphatic rings. The summed E-state index contributed by atoms with van der Waals surface area (Å²) in [5, 5.41) is 10.8. The minimum atomic E-state index is -0.882. The van der Waals surface area contributed by atoms with Gasteiger partial charge in [-0.1, -0.05) is 6.07 Å². The Balaban J connectivity index is 1.72. The van der Waals surface area contributed by atoms with Crippen molar-refractivity contribution in [2.24, 2.45) is 0 Å². The van der Waals surface area contributed by atoms with Gasteiger partial charge >= 0.3 is 5.97 Å². The van der Waals surface area contributed by atoms with Crippen LogP contribution < -0.4 is 4.72 Å². The Bertz CT molecular complexity index is 622. The van der Waals surface area contributed by atoms with Crippen LogP contribution in [-0.4, -0.2) is 11.1 Å². The van der Waals surface area contributed by atoms with Crippen LogP contribution in [0, 0.1) is 0 Å². The summed E-state index contributed by atoms with van der Waals surface area (Å²) in [6.45, 7) is 0. The van der Waals surface area contributed by atoms with Gasteiger partial charge in [-0.3, -0.25) is 0 Å². The number of hydrogen-bond donors (Lipinski definition) is 2. The molecule has 0 atom stereocenters. The topological polar surface area (TPSA) is 49.3 Å². The van der Waals surface area contributed by atoms with Gasteiger partial charge in [-0.2, -0.15) is 0 Å². The lowest BCUT2D eigenvalue weighted by Gasteiger charge is -2.06. The van der Waals surface area contributed by atoms with E-state index in [1.165, 1.54) is 47.3 Å². The van der Waals surface area contributed by atoms with E-state index in [1.54, 1.807) is 11.4 Å². The fourth-order valence-electron chi connectivity index (χ4n) is 2.28. The van der Waals surface area contributed by atoms with Gasteiger partial charge in [0.1, 0.15) is 4.88 Å². The SMILES string of the molecule is O=C(O)c1sccc1NSc1ccc2c(c1)CCC2. The van der Waals surface area contributed by atoms with Crippen molar-refractivity contribution >= 4 is 34.9 Å². The Labute approximate surface area is 119 Å². The largest absolute Gasteiger partial charge is 0.477 e. The number of carboxylic acids is 1. The molecule has 2 aromatic rings. The number of thiophene rings is 1. The normalized spacial score (nSPS) is 13.3. The van der Waals surface area contributed by atoms with Crippen LogP contribution in [0.15, 0.2) is 34.5 Å². The molecule has 0 radical (unpaired) electrons. The van der Waals surface area contributed by atoms with Crippen molar-refractivity contribution in [2.45, 2.75) is 24.2 Å². The fraction of sp³-hybridized carbons (Fsp3) is 0.214. The summed E-state index contributed by atoms with van der Waals surface area (Å²) in [7, 11) is 0. The first-order valence-corrected chi connectivity index (χ1v) is 7.79. The fourth-order valence-corrected chi connectivity index (χ4v) is 3.77. The molecule has 1 aliphatic carbocycles. The molecule has 0 unspecified atom stereocenters. The van der Waals surface area contributed by atoms with E-state index < -0.39 is 5.97 Å².